The standard InChI is InChI=1S/C22H20ClN3O/c1-15-10-21(26-8-2-3-9-26)18-6-4-17(12-20(18)25-15)14-27-22-7-5-16(13-24)11-19(22)23/h4-7,10-12H,2-3,8-9,14H2,1H3. The van der Waals surface area contributed by atoms with Crippen molar-refractivity contribution in [2.24, 2.45) is 0 Å². The number of pyridine rings is 1. The van der Waals surface area contributed by atoms with Crippen LogP contribution < -0.4 is 9.64 Å². The molecule has 4 rings (SSSR count). The van der Waals surface area contributed by atoms with Crippen LogP contribution in [0.4, 0.5) is 5.69 Å². The Hall–Kier alpha value is -2.77. The third kappa shape index (κ3) is 3.70. The van der Waals surface area contributed by atoms with Gasteiger partial charge < -0.3 is 9.64 Å². The molecule has 4 nitrogen and oxygen atoms in total. The third-order valence-corrected chi connectivity index (χ3v) is 5.18. The normalized spacial score (nSPS) is 13.7. The van der Waals surface area contributed by atoms with Crippen molar-refractivity contribution >= 4 is 28.2 Å². The number of aromatic nitrogens is 1. The van der Waals surface area contributed by atoms with Gasteiger partial charge in [0.2, 0.25) is 0 Å². The zero-order valence-corrected chi connectivity index (χ0v) is 16.0. The van der Waals surface area contributed by atoms with Crippen LogP contribution in [0.15, 0.2) is 42.5 Å². The predicted octanol–water partition coefficient (Wildman–Crippen LogP) is 5.25. The average molecular weight is 378 g/mol. The maximum absolute atomic E-state index is 8.92. The van der Waals surface area contributed by atoms with Crippen molar-refractivity contribution in [3.63, 3.8) is 0 Å². The van der Waals surface area contributed by atoms with E-state index in [1.807, 2.05) is 6.92 Å². The Morgan fingerprint density at radius 2 is 1.96 bits per heavy atom. The topological polar surface area (TPSA) is 49.1 Å². The highest BCUT2D eigenvalue weighted by Gasteiger charge is 2.16. The largest absolute Gasteiger partial charge is 0.487 e. The van der Waals surface area contributed by atoms with Crippen LogP contribution in [0.5, 0.6) is 5.75 Å². The number of nitrogens with zero attached hydrogens (tertiary/aromatic N) is 3. The first-order valence-electron chi connectivity index (χ1n) is 9.12. The fraction of sp³-hybridized carbons (Fsp3) is 0.273. The van der Waals surface area contributed by atoms with Crippen LogP contribution >= 0.6 is 11.6 Å². The van der Waals surface area contributed by atoms with E-state index in [0.717, 1.165) is 29.9 Å². The Morgan fingerprint density at radius 3 is 2.70 bits per heavy atom. The highest BCUT2D eigenvalue weighted by molar-refractivity contribution is 6.32. The van der Waals surface area contributed by atoms with Crippen LogP contribution in [-0.2, 0) is 6.61 Å². The quantitative estimate of drug-likeness (QED) is 0.623. The van der Waals surface area contributed by atoms with Crippen LogP contribution in [0, 0.1) is 18.3 Å². The molecule has 1 saturated heterocycles. The van der Waals surface area contributed by atoms with Gasteiger partial charge in [-0.25, -0.2) is 0 Å². The Balaban J connectivity index is 1.59. The van der Waals surface area contributed by atoms with Gasteiger partial charge in [0, 0.05) is 29.9 Å². The van der Waals surface area contributed by atoms with Crippen molar-refractivity contribution < 1.29 is 4.74 Å². The highest BCUT2D eigenvalue weighted by Crippen LogP contribution is 2.31. The second-order valence-electron chi connectivity index (χ2n) is 6.87. The van der Waals surface area contributed by atoms with Crippen molar-refractivity contribution in [3.8, 4) is 11.8 Å². The molecule has 0 radical (unpaired) electrons. The summed E-state index contributed by atoms with van der Waals surface area (Å²) < 4.78 is 5.85. The van der Waals surface area contributed by atoms with Crippen molar-refractivity contribution in [2.75, 3.05) is 18.0 Å². The lowest BCUT2D eigenvalue weighted by molar-refractivity contribution is 0.306. The molecule has 27 heavy (non-hydrogen) atoms. The number of hydrogen-bond donors (Lipinski definition) is 0. The van der Waals surface area contributed by atoms with Gasteiger partial charge in [-0.1, -0.05) is 23.7 Å². The number of anilines is 1. The first kappa shape index (κ1) is 17.6. The predicted molar refractivity (Wildman–Crippen MR) is 108 cm³/mol. The molecular weight excluding hydrogens is 358 g/mol. The number of benzene rings is 2. The molecule has 1 aliphatic heterocycles. The molecule has 1 aliphatic rings. The first-order chi connectivity index (χ1) is 13.1. The summed E-state index contributed by atoms with van der Waals surface area (Å²) in [5, 5.41) is 10.6. The number of nitriles is 1. The van der Waals surface area contributed by atoms with Gasteiger partial charge in [-0.3, -0.25) is 4.98 Å². The minimum absolute atomic E-state index is 0.399. The maximum Gasteiger partial charge on any atom is 0.138 e. The average Bonchev–Trinajstić information content (AvgIpc) is 3.20. The molecule has 0 bridgehead atoms. The third-order valence-electron chi connectivity index (χ3n) is 4.88. The number of hydrogen-bond acceptors (Lipinski definition) is 4. The van der Waals surface area contributed by atoms with Gasteiger partial charge in [-0.05, 0) is 55.7 Å². The Labute approximate surface area is 164 Å². The van der Waals surface area contributed by atoms with Crippen LogP contribution in [0.2, 0.25) is 5.02 Å². The van der Waals surface area contributed by atoms with E-state index >= 15 is 0 Å². The second-order valence-corrected chi connectivity index (χ2v) is 7.28. The molecule has 2 heterocycles. The Kier molecular flexibility index (Phi) is 4.87. The summed E-state index contributed by atoms with van der Waals surface area (Å²) in [6, 6.07) is 15.6. The summed E-state index contributed by atoms with van der Waals surface area (Å²) in [4.78, 5) is 7.17. The van der Waals surface area contributed by atoms with Gasteiger partial charge in [-0.15, -0.1) is 0 Å². The molecule has 136 valence electrons. The molecule has 0 saturated carbocycles. The van der Waals surface area contributed by atoms with Gasteiger partial charge in [-0.2, -0.15) is 5.26 Å². The lowest BCUT2D eigenvalue weighted by atomic mass is 10.1. The number of fused-ring (bicyclic) bond motifs is 1. The van der Waals surface area contributed by atoms with E-state index in [9.17, 15) is 0 Å². The smallest absolute Gasteiger partial charge is 0.138 e. The van der Waals surface area contributed by atoms with Gasteiger partial charge in [0.15, 0.2) is 0 Å². The molecular formula is C22H20ClN3O. The second kappa shape index (κ2) is 7.46. The fourth-order valence-electron chi connectivity index (χ4n) is 3.54. The highest BCUT2D eigenvalue weighted by atomic mass is 35.5. The summed E-state index contributed by atoms with van der Waals surface area (Å²) in [7, 11) is 0. The van der Waals surface area contributed by atoms with E-state index in [1.54, 1.807) is 18.2 Å². The summed E-state index contributed by atoms with van der Waals surface area (Å²) in [5.74, 6) is 0.575. The number of aryl methyl sites for hydroxylation is 1. The van der Waals surface area contributed by atoms with Crippen LogP contribution in [-0.4, -0.2) is 18.1 Å². The van der Waals surface area contributed by atoms with E-state index in [1.165, 1.54) is 23.9 Å². The maximum atomic E-state index is 8.92. The molecule has 0 N–H and O–H groups in total. The molecule has 0 aliphatic carbocycles. The van der Waals surface area contributed by atoms with Gasteiger partial charge in [0.1, 0.15) is 12.4 Å². The van der Waals surface area contributed by atoms with Crippen molar-refractivity contribution in [1.29, 1.82) is 5.26 Å². The molecule has 0 amide bonds. The molecule has 3 aromatic rings. The van der Waals surface area contributed by atoms with Crippen molar-refractivity contribution in [2.45, 2.75) is 26.4 Å². The minimum atomic E-state index is 0.399. The van der Waals surface area contributed by atoms with E-state index in [-0.39, 0.29) is 0 Å². The molecule has 1 aromatic heterocycles. The Bertz CT molecular complexity index is 1040. The fourth-order valence-corrected chi connectivity index (χ4v) is 3.78. The summed E-state index contributed by atoms with van der Waals surface area (Å²) >= 11 is 6.19. The lowest BCUT2D eigenvalue weighted by Crippen LogP contribution is -2.18. The lowest BCUT2D eigenvalue weighted by Gasteiger charge is -2.20. The molecule has 0 unspecified atom stereocenters. The minimum Gasteiger partial charge on any atom is -0.487 e. The number of rotatable bonds is 4. The number of halogens is 1. The molecule has 0 spiro atoms. The summed E-state index contributed by atoms with van der Waals surface area (Å²) in [5.41, 5.74) is 4.85. The van der Waals surface area contributed by atoms with E-state index < -0.39 is 0 Å². The zero-order valence-electron chi connectivity index (χ0n) is 15.2. The van der Waals surface area contributed by atoms with Crippen LogP contribution in [0.1, 0.15) is 29.7 Å². The monoisotopic (exact) mass is 377 g/mol. The van der Waals surface area contributed by atoms with E-state index in [2.05, 4.69) is 35.2 Å². The summed E-state index contributed by atoms with van der Waals surface area (Å²) in [6.07, 6.45) is 2.50. The van der Waals surface area contributed by atoms with Crippen LogP contribution in [0.3, 0.4) is 0 Å². The van der Waals surface area contributed by atoms with E-state index in [4.69, 9.17) is 26.6 Å². The van der Waals surface area contributed by atoms with Crippen LogP contribution in [0.25, 0.3) is 10.9 Å². The summed E-state index contributed by atoms with van der Waals surface area (Å²) in [6.45, 7) is 4.66. The first-order valence-corrected chi connectivity index (χ1v) is 9.49. The van der Waals surface area contributed by atoms with Crippen molar-refractivity contribution in [1.82, 2.24) is 4.98 Å². The Morgan fingerprint density at radius 1 is 1.15 bits per heavy atom. The SMILES string of the molecule is Cc1cc(N2CCCC2)c2ccc(COc3ccc(C#N)cc3Cl)cc2n1. The molecule has 5 heteroatoms. The molecule has 0 atom stereocenters. The molecule has 2 aromatic carbocycles. The van der Waals surface area contributed by atoms with E-state index in [0.29, 0.717) is 22.9 Å². The van der Waals surface area contributed by atoms with Crippen molar-refractivity contribution in [3.05, 3.63) is 64.3 Å². The van der Waals surface area contributed by atoms with Gasteiger partial charge >= 0.3 is 0 Å². The van der Waals surface area contributed by atoms with Gasteiger partial charge in [0.25, 0.3) is 0 Å². The number of ether oxygens (including phenoxy) is 1. The molecule has 1 fully saturated rings. The zero-order chi connectivity index (χ0) is 18.8. The van der Waals surface area contributed by atoms with Gasteiger partial charge in [0.05, 0.1) is 22.2 Å².